The zero-order valence-corrected chi connectivity index (χ0v) is 13.2. The molecule has 0 spiro atoms. The lowest BCUT2D eigenvalue weighted by atomic mass is 10.2. The molecular weight excluding hydrogens is 312 g/mol. The third-order valence-electron chi connectivity index (χ3n) is 3.42. The maximum absolute atomic E-state index is 12.4. The summed E-state index contributed by atoms with van der Waals surface area (Å²) in [4.78, 5) is 16.7. The molecule has 2 aromatic heterocycles. The van der Waals surface area contributed by atoms with Crippen molar-refractivity contribution in [3.63, 3.8) is 0 Å². The zero-order valence-electron chi connectivity index (χ0n) is 12.5. The van der Waals surface area contributed by atoms with Crippen LogP contribution in [-0.4, -0.2) is 14.8 Å². The van der Waals surface area contributed by atoms with E-state index in [0.717, 1.165) is 5.69 Å². The Hall–Kier alpha value is -2.66. The van der Waals surface area contributed by atoms with Gasteiger partial charge in [0.15, 0.2) is 0 Å². The molecule has 1 atom stereocenters. The van der Waals surface area contributed by atoms with E-state index in [-0.39, 0.29) is 16.6 Å². The van der Waals surface area contributed by atoms with Crippen LogP contribution in [0.4, 0.5) is 5.69 Å². The molecule has 0 bridgehead atoms. The Morgan fingerprint density at radius 3 is 2.57 bits per heavy atom. The second kappa shape index (κ2) is 6.62. The third-order valence-corrected chi connectivity index (χ3v) is 3.79. The minimum atomic E-state index is -0.365. The molecule has 0 fully saturated rings. The molecule has 0 amide bonds. The molecule has 0 aliphatic heterocycles. The van der Waals surface area contributed by atoms with Crippen molar-refractivity contribution in [3.8, 4) is 5.69 Å². The van der Waals surface area contributed by atoms with Gasteiger partial charge < -0.3 is 5.32 Å². The number of benzene rings is 1. The SMILES string of the molecule is CC(Nc1cnn(-c2ccccc2)c(=O)c1Cl)c1ccccn1. The number of halogens is 1. The van der Waals surface area contributed by atoms with Crippen LogP contribution < -0.4 is 10.9 Å². The van der Waals surface area contributed by atoms with E-state index >= 15 is 0 Å². The summed E-state index contributed by atoms with van der Waals surface area (Å²) in [5.41, 5.74) is 1.65. The van der Waals surface area contributed by atoms with Gasteiger partial charge in [-0.2, -0.15) is 9.78 Å². The van der Waals surface area contributed by atoms with Crippen LogP contribution >= 0.6 is 11.6 Å². The van der Waals surface area contributed by atoms with Crippen LogP contribution in [0.2, 0.25) is 5.02 Å². The summed E-state index contributed by atoms with van der Waals surface area (Å²) in [6, 6.07) is 14.7. The van der Waals surface area contributed by atoms with E-state index in [9.17, 15) is 4.79 Å². The van der Waals surface area contributed by atoms with Crippen molar-refractivity contribution in [2.24, 2.45) is 0 Å². The summed E-state index contributed by atoms with van der Waals surface area (Å²) in [7, 11) is 0. The van der Waals surface area contributed by atoms with Crippen LogP contribution in [0.25, 0.3) is 5.69 Å². The number of nitrogens with one attached hydrogen (secondary N) is 1. The van der Waals surface area contributed by atoms with Gasteiger partial charge in [0, 0.05) is 6.20 Å². The van der Waals surface area contributed by atoms with Gasteiger partial charge in [-0.05, 0) is 31.2 Å². The Kier molecular flexibility index (Phi) is 4.39. The van der Waals surface area contributed by atoms with Crippen LogP contribution in [0, 0.1) is 0 Å². The number of pyridine rings is 1. The van der Waals surface area contributed by atoms with Crippen molar-refractivity contribution in [2.45, 2.75) is 13.0 Å². The van der Waals surface area contributed by atoms with E-state index in [2.05, 4.69) is 15.4 Å². The molecule has 5 nitrogen and oxygen atoms in total. The maximum atomic E-state index is 12.4. The Balaban J connectivity index is 1.91. The van der Waals surface area contributed by atoms with Gasteiger partial charge in [-0.1, -0.05) is 35.9 Å². The Bertz CT molecular complexity index is 849. The fourth-order valence-corrected chi connectivity index (χ4v) is 2.41. The first-order valence-electron chi connectivity index (χ1n) is 7.17. The Morgan fingerprint density at radius 1 is 1.13 bits per heavy atom. The Morgan fingerprint density at radius 2 is 1.87 bits per heavy atom. The van der Waals surface area contributed by atoms with Gasteiger partial charge in [-0.15, -0.1) is 0 Å². The zero-order chi connectivity index (χ0) is 16.2. The van der Waals surface area contributed by atoms with E-state index in [1.165, 1.54) is 4.68 Å². The number of nitrogens with zero attached hydrogens (tertiary/aromatic N) is 3. The molecule has 6 heteroatoms. The van der Waals surface area contributed by atoms with Crippen LogP contribution in [0.15, 0.2) is 65.7 Å². The summed E-state index contributed by atoms with van der Waals surface area (Å²) < 4.78 is 1.28. The van der Waals surface area contributed by atoms with Crippen LogP contribution in [0.3, 0.4) is 0 Å². The quantitative estimate of drug-likeness (QED) is 0.797. The minimum Gasteiger partial charge on any atom is -0.374 e. The minimum absolute atomic E-state index is 0.0949. The molecule has 0 saturated carbocycles. The van der Waals surface area contributed by atoms with Crippen molar-refractivity contribution < 1.29 is 0 Å². The highest BCUT2D eigenvalue weighted by Crippen LogP contribution is 2.22. The lowest BCUT2D eigenvalue weighted by molar-refractivity contribution is 0.793. The van der Waals surface area contributed by atoms with Crippen LogP contribution in [0.5, 0.6) is 0 Å². The predicted molar refractivity (Wildman–Crippen MR) is 91.1 cm³/mol. The van der Waals surface area contributed by atoms with Gasteiger partial charge in [0.1, 0.15) is 5.02 Å². The molecule has 1 aromatic carbocycles. The lowest BCUT2D eigenvalue weighted by Crippen LogP contribution is -2.23. The summed E-state index contributed by atoms with van der Waals surface area (Å²) in [5, 5.41) is 7.47. The topological polar surface area (TPSA) is 59.8 Å². The summed E-state index contributed by atoms with van der Waals surface area (Å²) in [6.45, 7) is 1.95. The van der Waals surface area contributed by atoms with Crippen molar-refractivity contribution in [2.75, 3.05) is 5.32 Å². The van der Waals surface area contributed by atoms with Crippen molar-refractivity contribution in [1.29, 1.82) is 0 Å². The first-order valence-corrected chi connectivity index (χ1v) is 7.55. The van der Waals surface area contributed by atoms with E-state index in [0.29, 0.717) is 11.4 Å². The molecule has 0 aliphatic carbocycles. The number of aromatic nitrogens is 3. The van der Waals surface area contributed by atoms with Crippen LogP contribution in [-0.2, 0) is 0 Å². The van der Waals surface area contributed by atoms with Crippen molar-refractivity contribution >= 4 is 17.3 Å². The number of hydrogen-bond donors (Lipinski definition) is 1. The van der Waals surface area contributed by atoms with Gasteiger partial charge >= 0.3 is 0 Å². The molecule has 116 valence electrons. The predicted octanol–water partition coefficient (Wildman–Crippen LogP) is 3.45. The average Bonchev–Trinajstić information content (AvgIpc) is 2.60. The summed E-state index contributed by atoms with van der Waals surface area (Å²) >= 11 is 6.22. The number of rotatable bonds is 4. The van der Waals surface area contributed by atoms with E-state index in [4.69, 9.17) is 11.6 Å². The van der Waals surface area contributed by atoms with E-state index in [1.807, 2.05) is 43.3 Å². The number of anilines is 1. The highest BCUT2D eigenvalue weighted by atomic mass is 35.5. The van der Waals surface area contributed by atoms with E-state index in [1.54, 1.807) is 24.5 Å². The van der Waals surface area contributed by atoms with Crippen molar-refractivity contribution in [3.05, 3.63) is 82.0 Å². The fourth-order valence-electron chi connectivity index (χ4n) is 2.23. The highest BCUT2D eigenvalue weighted by Gasteiger charge is 2.13. The molecule has 0 aliphatic rings. The Labute approximate surface area is 138 Å². The fraction of sp³-hybridized carbons (Fsp3) is 0.118. The molecule has 1 unspecified atom stereocenters. The van der Waals surface area contributed by atoms with Gasteiger partial charge in [0.25, 0.3) is 5.56 Å². The van der Waals surface area contributed by atoms with Gasteiger partial charge in [-0.3, -0.25) is 9.78 Å². The summed E-state index contributed by atoms with van der Waals surface area (Å²) in [6.07, 6.45) is 3.27. The lowest BCUT2D eigenvalue weighted by Gasteiger charge is -2.16. The van der Waals surface area contributed by atoms with Crippen molar-refractivity contribution in [1.82, 2.24) is 14.8 Å². The molecule has 0 saturated heterocycles. The first-order chi connectivity index (χ1) is 11.2. The molecule has 0 radical (unpaired) electrons. The first kappa shape index (κ1) is 15.2. The second-order valence-corrected chi connectivity index (χ2v) is 5.42. The summed E-state index contributed by atoms with van der Waals surface area (Å²) in [5.74, 6) is 0. The van der Waals surface area contributed by atoms with Crippen LogP contribution in [0.1, 0.15) is 18.7 Å². The molecule has 3 rings (SSSR count). The monoisotopic (exact) mass is 326 g/mol. The van der Waals surface area contributed by atoms with E-state index < -0.39 is 0 Å². The second-order valence-electron chi connectivity index (χ2n) is 5.05. The largest absolute Gasteiger partial charge is 0.374 e. The smallest absolute Gasteiger partial charge is 0.292 e. The van der Waals surface area contributed by atoms with Gasteiger partial charge in [0.2, 0.25) is 0 Å². The molecule has 2 heterocycles. The van der Waals surface area contributed by atoms with Gasteiger partial charge in [-0.25, -0.2) is 0 Å². The molecule has 1 N–H and O–H groups in total. The maximum Gasteiger partial charge on any atom is 0.292 e. The number of para-hydroxylation sites is 1. The standard InChI is InChI=1S/C17H15ClN4O/c1-12(14-9-5-6-10-19-14)21-15-11-20-22(17(23)16(15)18)13-7-3-2-4-8-13/h2-12,21H,1H3. The molecular formula is C17H15ClN4O. The number of hydrogen-bond acceptors (Lipinski definition) is 4. The highest BCUT2D eigenvalue weighted by molar-refractivity contribution is 6.32. The molecule has 23 heavy (non-hydrogen) atoms. The third kappa shape index (κ3) is 3.24. The average molecular weight is 327 g/mol. The van der Waals surface area contributed by atoms with Gasteiger partial charge in [0.05, 0.1) is 29.3 Å². The normalized spacial score (nSPS) is 11.9. The molecule has 3 aromatic rings.